The molecule has 0 aromatic rings. The van der Waals surface area contributed by atoms with Gasteiger partial charge in [0.1, 0.15) is 18.2 Å². The molecule has 0 aliphatic carbocycles. The lowest BCUT2D eigenvalue weighted by molar-refractivity contribution is -0.165. The molecule has 0 aromatic heterocycles. The maximum atomic E-state index is 11.6. The molecule has 0 bridgehead atoms. The first-order valence-corrected chi connectivity index (χ1v) is 6.27. The molecular weight excluding hydrogens is 284 g/mol. The summed E-state index contributed by atoms with van der Waals surface area (Å²) in [6.07, 6.45) is -4.17. The van der Waals surface area contributed by atoms with Gasteiger partial charge in [0.2, 0.25) is 0 Å². The zero-order valence-corrected chi connectivity index (χ0v) is 11.5. The second-order valence-electron chi connectivity index (χ2n) is 4.33. The summed E-state index contributed by atoms with van der Waals surface area (Å²) in [5.41, 5.74) is 15.8. The molecule has 0 aliphatic rings. The minimum Gasteiger partial charge on any atom is -0.451 e. The summed E-state index contributed by atoms with van der Waals surface area (Å²) in [7, 11) is 0. The van der Waals surface area contributed by atoms with Crippen LogP contribution < -0.4 is 17.2 Å². The maximum absolute atomic E-state index is 11.6. The molecule has 0 saturated carbocycles. The summed E-state index contributed by atoms with van der Waals surface area (Å²) in [5.74, 6) is -0.991. The van der Waals surface area contributed by atoms with Crippen LogP contribution in [0.1, 0.15) is 12.8 Å². The first-order valence-electron chi connectivity index (χ1n) is 6.27. The number of esters is 1. The van der Waals surface area contributed by atoms with Crippen LogP contribution in [0.3, 0.4) is 0 Å². The number of rotatable bonds is 10. The summed E-state index contributed by atoms with van der Waals surface area (Å²) in [6, 6.07) is -1.03. The van der Waals surface area contributed by atoms with E-state index in [1.165, 1.54) is 0 Å². The summed E-state index contributed by atoms with van der Waals surface area (Å²) in [5, 5.41) is 27.3. The van der Waals surface area contributed by atoms with Gasteiger partial charge in [-0.25, -0.2) is 0 Å². The average Bonchev–Trinajstić information content (AvgIpc) is 2.46. The number of aliphatic hydroxyl groups excluding tert-OH is 3. The number of guanidine groups is 1. The van der Waals surface area contributed by atoms with Crippen molar-refractivity contribution in [2.24, 2.45) is 22.2 Å². The number of carbonyl (C=O) groups excluding carboxylic acids is 2. The fourth-order valence-corrected chi connectivity index (χ4v) is 1.36. The van der Waals surface area contributed by atoms with Crippen LogP contribution in [-0.4, -0.2) is 71.0 Å². The lowest BCUT2D eigenvalue weighted by Gasteiger charge is -2.22. The molecule has 0 unspecified atom stereocenters. The number of aliphatic hydroxyl groups is 3. The average molecular weight is 306 g/mol. The van der Waals surface area contributed by atoms with Crippen molar-refractivity contribution < 1.29 is 29.6 Å². The monoisotopic (exact) mass is 306 g/mol. The van der Waals surface area contributed by atoms with Crippen LogP contribution in [0.25, 0.3) is 0 Å². The summed E-state index contributed by atoms with van der Waals surface area (Å²) in [4.78, 5) is 26.1. The number of aldehydes is 1. The topological polar surface area (TPSA) is 194 Å². The number of carbonyl (C=O) groups is 2. The Morgan fingerprint density at radius 2 is 1.95 bits per heavy atom. The van der Waals surface area contributed by atoms with Crippen molar-refractivity contribution in [1.29, 1.82) is 0 Å². The Kier molecular flexibility index (Phi) is 9.21. The molecule has 0 aromatic carbocycles. The van der Waals surface area contributed by atoms with E-state index in [2.05, 4.69) is 9.73 Å². The Morgan fingerprint density at radius 1 is 1.33 bits per heavy atom. The van der Waals surface area contributed by atoms with Crippen LogP contribution in [0.4, 0.5) is 0 Å². The van der Waals surface area contributed by atoms with Gasteiger partial charge in [-0.2, -0.15) is 0 Å². The van der Waals surface area contributed by atoms with Gasteiger partial charge in [0, 0.05) is 6.54 Å². The molecule has 0 saturated heterocycles. The minimum atomic E-state index is -1.73. The lowest BCUT2D eigenvalue weighted by atomic mass is 10.1. The van der Waals surface area contributed by atoms with Crippen molar-refractivity contribution in [3.8, 4) is 0 Å². The molecule has 0 spiro atoms. The van der Waals surface area contributed by atoms with E-state index in [1.807, 2.05) is 0 Å². The molecule has 0 radical (unpaired) electrons. The van der Waals surface area contributed by atoms with E-state index in [1.54, 1.807) is 0 Å². The molecule has 122 valence electrons. The van der Waals surface area contributed by atoms with Gasteiger partial charge in [0.25, 0.3) is 0 Å². The number of nitrogens with two attached hydrogens (primary N) is 3. The molecule has 9 N–H and O–H groups in total. The van der Waals surface area contributed by atoms with Crippen molar-refractivity contribution in [3.05, 3.63) is 0 Å². The molecule has 21 heavy (non-hydrogen) atoms. The minimum absolute atomic E-state index is 0.0757. The Morgan fingerprint density at radius 3 is 2.43 bits per heavy atom. The number of ether oxygens (including phenoxy) is 1. The van der Waals surface area contributed by atoms with E-state index in [0.717, 1.165) is 0 Å². The van der Waals surface area contributed by atoms with Gasteiger partial charge in [0.15, 0.2) is 18.3 Å². The van der Waals surface area contributed by atoms with Crippen LogP contribution >= 0.6 is 0 Å². The maximum Gasteiger partial charge on any atom is 0.323 e. The Balaban J connectivity index is 4.30. The van der Waals surface area contributed by atoms with Gasteiger partial charge < -0.3 is 37.3 Å². The van der Waals surface area contributed by atoms with Crippen molar-refractivity contribution >= 4 is 18.2 Å². The van der Waals surface area contributed by atoms with Gasteiger partial charge >= 0.3 is 5.97 Å². The fraction of sp³-hybridized carbons (Fsp3) is 0.727. The normalized spacial score (nSPS) is 16.4. The fourth-order valence-electron chi connectivity index (χ4n) is 1.36. The first kappa shape index (κ1) is 19.2. The van der Waals surface area contributed by atoms with E-state index < -0.39 is 36.9 Å². The second-order valence-corrected chi connectivity index (χ2v) is 4.33. The van der Waals surface area contributed by atoms with E-state index >= 15 is 0 Å². The predicted molar refractivity (Wildman–Crippen MR) is 72.9 cm³/mol. The molecule has 10 nitrogen and oxygen atoms in total. The van der Waals surface area contributed by atoms with Crippen LogP contribution in [0, 0.1) is 0 Å². The SMILES string of the molecule is NC(N)=NCCC[C@H](N)C(=O)O[C@@H](C=O)[C@H](O)[C@H](O)CO. The highest BCUT2D eigenvalue weighted by Gasteiger charge is 2.30. The third kappa shape index (κ3) is 7.56. The first-order chi connectivity index (χ1) is 9.83. The summed E-state index contributed by atoms with van der Waals surface area (Å²) >= 11 is 0. The van der Waals surface area contributed by atoms with Gasteiger partial charge in [0.05, 0.1) is 6.61 Å². The lowest BCUT2D eigenvalue weighted by Crippen LogP contribution is -2.45. The molecule has 0 rings (SSSR count). The zero-order valence-electron chi connectivity index (χ0n) is 11.5. The highest BCUT2D eigenvalue weighted by Crippen LogP contribution is 2.06. The molecule has 10 heteroatoms. The number of aliphatic imine (C=N–C) groups is 1. The Hall–Kier alpha value is -1.75. The van der Waals surface area contributed by atoms with Crippen LogP contribution in [0.15, 0.2) is 4.99 Å². The van der Waals surface area contributed by atoms with Crippen LogP contribution in [0.5, 0.6) is 0 Å². The quantitative estimate of drug-likeness (QED) is 0.0770. The third-order valence-corrected chi connectivity index (χ3v) is 2.57. The van der Waals surface area contributed by atoms with Gasteiger partial charge in [-0.15, -0.1) is 0 Å². The van der Waals surface area contributed by atoms with Crippen molar-refractivity contribution in [2.45, 2.75) is 37.2 Å². The van der Waals surface area contributed by atoms with Gasteiger partial charge in [-0.3, -0.25) is 14.6 Å². The second kappa shape index (κ2) is 10.0. The molecule has 0 aliphatic heterocycles. The van der Waals surface area contributed by atoms with Crippen LogP contribution in [-0.2, 0) is 14.3 Å². The number of nitrogens with zero attached hydrogens (tertiary/aromatic N) is 1. The van der Waals surface area contributed by atoms with E-state index in [4.69, 9.17) is 22.3 Å². The van der Waals surface area contributed by atoms with Gasteiger partial charge in [-0.1, -0.05) is 0 Å². The third-order valence-electron chi connectivity index (χ3n) is 2.57. The van der Waals surface area contributed by atoms with Crippen LogP contribution in [0.2, 0.25) is 0 Å². The standard InChI is InChI=1S/C11H22N4O6/c12-6(2-1-3-15-11(13)14)10(20)21-8(5-17)9(19)7(18)4-16/h5-9,16,18-19H,1-4,12H2,(H4,13,14,15)/t6-,7+,8-,9+/m0/s1. The van der Waals surface area contributed by atoms with Crippen molar-refractivity contribution in [2.75, 3.05) is 13.2 Å². The highest BCUT2D eigenvalue weighted by atomic mass is 16.6. The molecule has 4 atom stereocenters. The largest absolute Gasteiger partial charge is 0.451 e. The van der Waals surface area contributed by atoms with Crippen molar-refractivity contribution in [3.63, 3.8) is 0 Å². The predicted octanol–water partition coefficient (Wildman–Crippen LogP) is -3.81. The van der Waals surface area contributed by atoms with E-state index in [0.29, 0.717) is 6.42 Å². The summed E-state index contributed by atoms with van der Waals surface area (Å²) < 4.78 is 4.69. The molecule has 0 amide bonds. The van der Waals surface area contributed by atoms with E-state index in [9.17, 15) is 19.8 Å². The molecule has 0 fully saturated rings. The molecule has 0 heterocycles. The zero-order chi connectivity index (χ0) is 16.4. The Bertz CT molecular complexity index is 361. The summed E-state index contributed by atoms with van der Waals surface area (Å²) in [6.45, 7) is -0.500. The van der Waals surface area contributed by atoms with Crippen molar-refractivity contribution in [1.82, 2.24) is 0 Å². The highest BCUT2D eigenvalue weighted by molar-refractivity contribution is 5.78. The van der Waals surface area contributed by atoms with Gasteiger partial charge in [-0.05, 0) is 12.8 Å². The molecular formula is C11H22N4O6. The number of hydrogen-bond donors (Lipinski definition) is 6. The van der Waals surface area contributed by atoms with E-state index in [-0.39, 0.29) is 25.2 Å². The smallest absolute Gasteiger partial charge is 0.323 e. The Labute approximate surface area is 121 Å². The number of hydrogen-bond acceptors (Lipinski definition) is 8.